The van der Waals surface area contributed by atoms with Crippen LogP contribution in [0.25, 0.3) is 0 Å². The molecule has 7 heteroatoms. The van der Waals surface area contributed by atoms with Crippen LogP contribution in [0.2, 0.25) is 0 Å². The molecule has 2 atom stereocenters. The van der Waals surface area contributed by atoms with Gasteiger partial charge in [-0.3, -0.25) is 0 Å². The summed E-state index contributed by atoms with van der Waals surface area (Å²) in [6.45, 7) is 0.901. The first-order valence-electron chi connectivity index (χ1n) is 8.35. The molecule has 0 N–H and O–H groups in total. The number of hydrogen-bond acceptors (Lipinski definition) is 4. The van der Waals surface area contributed by atoms with Gasteiger partial charge < -0.3 is 9.64 Å². The van der Waals surface area contributed by atoms with Crippen molar-refractivity contribution in [2.45, 2.75) is 12.5 Å². The molecular formula is C19H20ClNO4S. The molecule has 0 aromatic heterocycles. The van der Waals surface area contributed by atoms with Gasteiger partial charge in [0.25, 0.3) is 0 Å². The number of nitrogens with zero attached hydrogens (tertiary/aromatic N) is 1. The lowest BCUT2D eigenvalue weighted by molar-refractivity contribution is 0.103. The molecule has 1 amide bonds. The Hall–Kier alpha value is -2.05. The summed E-state index contributed by atoms with van der Waals surface area (Å²) in [6, 6.07) is 19.0. The highest BCUT2D eigenvalue weighted by atomic mass is 35.7. The minimum absolute atomic E-state index is 0.0889. The smallest absolute Gasteiger partial charge is 0.410 e. The summed E-state index contributed by atoms with van der Waals surface area (Å²) >= 11 is 0. The SMILES string of the molecule is O=C(OCc1ccccc1)N1CC(CS(=O)(=O)Cl)C(c2ccccc2)C1. The van der Waals surface area contributed by atoms with E-state index in [0.717, 1.165) is 11.1 Å². The van der Waals surface area contributed by atoms with E-state index in [9.17, 15) is 13.2 Å². The van der Waals surface area contributed by atoms with E-state index >= 15 is 0 Å². The zero-order valence-electron chi connectivity index (χ0n) is 14.1. The van der Waals surface area contributed by atoms with E-state index in [2.05, 4.69) is 0 Å². The van der Waals surface area contributed by atoms with Gasteiger partial charge in [-0.15, -0.1) is 0 Å². The first-order valence-corrected chi connectivity index (χ1v) is 10.8. The standard InChI is InChI=1S/C19H20ClNO4S/c20-26(23,24)14-17-11-21(12-18(17)16-9-5-2-6-10-16)19(22)25-13-15-7-3-1-4-8-15/h1-10,17-18H,11-14H2. The zero-order valence-corrected chi connectivity index (χ0v) is 15.7. The third-order valence-electron chi connectivity index (χ3n) is 4.55. The predicted molar refractivity (Wildman–Crippen MR) is 101 cm³/mol. The summed E-state index contributed by atoms with van der Waals surface area (Å²) in [4.78, 5) is 14.0. The van der Waals surface area contributed by atoms with E-state index in [4.69, 9.17) is 15.4 Å². The number of amides is 1. The molecule has 1 aliphatic heterocycles. The Bertz CT molecular complexity index is 842. The minimum atomic E-state index is -3.66. The van der Waals surface area contributed by atoms with Gasteiger partial charge in [0.2, 0.25) is 9.05 Å². The Morgan fingerprint density at radius 2 is 1.65 bits per heavy atom. The second kappa shape index (κ2) is 8.10. The first-order chi connectivity index (χ1) is 12.4. The highest BCUT2D eigenvalue weighted by molar-refractivity contribution is 8.13. The summed E-state index contributed by atoms with van der Waals surface area (Å²) in [7, 11) is 1.81. The molecule has 0 spiro atoms. The van der Waals surface area contributed by atoms with E-state index in [1.54, 1.807) is 4.90 Å². The van der Waals surface area contributed by atoms with Crippen LogP contribution in [-0.2, 0) is 20.4 Å². The Balaban J connectivity index is 1.69. The van der Waals surface area contributed by atoms with Crippen molar-refractivity contribution in [3.8, 4) is 0 Å². The molecule has 1 aliphatic rings. The Morgan fingerprint density at radius 3 is 2.27 bits per heavy atom. The molecule has 2 aromatic rings. The molecule has 5 nitrogen and oxygen atoms in total. The van der Waals surface area contributed by atoms with Crippen molar-refractivity contribution in [3.05, 3.63) is 71.8 Å². The van der Waals surface area contributed by atoms with Gasteiger partial charge in [0.1, 0.15) is 6.61 Å². The molecule has 2 aromatic carbocycles. The van der Waals surface area contributed by atoms with Gasteiger partial charge in [-0.2, -0.15) is 0 Å². The van der Waals surface area contributed by atoms with Crippen LogP contribution in [0, 0.1) is 5.92 Å². The maximum Gasteiger partial charge on any atom is 0.410 e. The molecule has 0 saturated carbocycles. The maximum absolute atomic E-state index is 12.4. The number of benzene rings is 2. The second-order valence-corrected chi connectivity index (χ2v) is 9.25. The van der Waals surface area contributed by atoms with Crippen molar-refractivity contribution in [3.63, 3.8) is 0 Å². The topological polar surface area (TPSA) is 63.7 Å². The molecule has 0 aliphatic carbocycles. The van der Waals surface area contributed by atoms with Crippen molar-refractivity contribution in [1.82, 2.24) is 4.90 Å². The Morgan fingerprint density at radius 1 is 1.04 bits per heavy atom. The van der Waals surface area contributed by atoms with E-state index in [1.807, 2.05) is 60.7 Å². The number of likely N-dealkylation sites (tertiary alicyclic amines) is 1. The average Bonchev–Trinajstić information content (AvgIpc) is 3.03. The van der Waals surface area contributed by atoms with Crippen LogP contribution in [0.5, 0.6) is 0 Å². The van der Waals surface area contributed by atoms with Gasteiger partial charge in [0.05, 0.1) is 5.75 Å². The van der Waals surface area contributed by atoms with Crippen molar-refractivity contribution >= 4 is 25.8 Å². The number of rotatable bonds is 5. The largest absolute Gasteiger partial charge is 0.445 e. The fraction of sp³-hybridized carbons (Fsp3) is 0.316. The molecule has 26 heavy (non-hydrogen) atoms. The molecule has 2 unspecified atom stereocenters. The van der Waals surface area contributed by atoms with Crippen molar-refractivity contribution in [2.24, 2.45) is 5.92 Å². The third-order valence-corrected chi connectivity index (χ3v) is 5.75. The number of carbonyl (C=O) groups is 1. The predicted octanol–water partition coefficient (Wildman–Crippen LogP) is 3.61. The number of hydrogen-bond donors (Lipinski definition) is 0. The van der Waals surface area contributed by atoms with E-state index in [-0.39, 0.29) is 24.2 Å². The molecule has 0 radical (unpaired) electrons. The lowest BCUT2D eigenvalue weighted by atomic mass is 9.90. The highest BCUT2D eigenvalue weighted by Gasteiger charge is 2.38. The minimum Gasteiger partial charge on any atom is -0.445 e. The lowest BCUT2D eigenvalue weighted by Crippen LogP contribution is -2.30. The fourth-order valence-electron chi connectivity index (χ4n) is 3.33. The zero-order chi connectivity index (χ0) is 18.6. The average molecular weight is 394 g/mol. The van der Waals surface area contributed by atoms with Gasteiger partial charge in [0, 0.05) is 35.6 Å². The van der Waals surface area contributed by atoms with Crippen LogP contribution in [0.3, 0.4) is 0 Å². The van der Waals surface area contributed by atoms with Crippen LogP contribution in [-0.4, -0.2) is 38.3 Å². The second-order valence-electron chi connectivity index (χ2n) is 6.43. The van der Waals surface area contributed by atoms with Gasteiger partial charge in [-0.05, 0) is 11.1 Å². The molecule has 1 saturated heterocycles. The summed E-state index contributed by atoms with van der Waals surface area (Å²) in [5.41, 5.74) is 1.90. The number of halogens is 1. The number of ether oxygens (including phenoxy) is 1. The summed E-state index contributed by atoms with van der Waals surface area (Å²) in [6.07, 6.45) is -0.441. The number of carbonyl (C=O) groups excluding carboxylic acids is 1. The van der Waals surface area contributed by atoms with Crippen LogP contribution in [0.15, 0.2) is 60.7 Å². The Kier molecular flexibility index (Phi) is 5.84. The van der Waals surface area contributed by atoms with Gasteiger partial charge in [0.15, 0.2) is 0 Å². The van der Waals surface area contributed by atoms with Crippen molar-refractivity contribution < 1.29 is 17.9 Å². The molecule has 138 valence electrons. The quantitative estimate of drug-likeness (QED) is 0.728. The van der Waals surface area contributed by atoms with E-state index < -0.39 is 15.1 Å². The van der Waals surface area contributed by atoms with Crippen LogP contribution < -0.4 is 0 Å². The van der Waals surface area contributed by atoms with Crippen LogP contribution in [0.4, 0.5) is 4.79 Å². The normalized spacial score (nSPS) is 20.1. The monoisotopic (exact) mass is 393 g/mol. The molecular weight excluding hydrogens is 374 g/mol. The van der Waals surface area contributed by atoms with Gasteiger partial charge in [-0.25, -0.2) is 13.2 Å². The van der Waals surface area contributed by atoms with Crippen molar-refractivity contribution in [2.75, 3.05) is 18.8 Å². The third kappa shape index (κ3) is 4.99. The lowest BCUT2D eigenvalue weighted by Gasteiger charge is -2.17. The van der Waals surface area contributed by atoms with E-state index in [0.29, 0.717) is 13.1 Å². The highest BCUT2D eigenvalue weighted by Crippen LogP contribution is 2.34. The van der Waals surface area contributed by atoms with E-state index in [1.165, 1.54) is 0 Å². The Labute approximate surface area is 158 Å². The summed E-state index contributed by atoms with van der Waals surface area (Å²) in [5, 5.41) is 0. The first kappa shape index (κ1) is 18.7. The van der Waals surface area contributed by atoms with Crippen LogP contribution in [0.1, 0.15) is 17.0 Å². The molecule has 3 rings (SSSR count). The maximum atomic E-state index is 12.4. The molecule has 0 bridgehead atoms. The summed E-state index contributed by atoms with van der Waals surface area (Å²) < 4.78 is 28.5. The molecule has 1 heterocycles. The molecule has 1 fully saturated rings. The fourth-order valence-corrected chi connectivity index (χ4v) is 4.67. The van der Waals surface area contributed by atoms with Crippen LogP contribution >= 0.6 is 10.7 Å². The van der Waals surface area contributed by atoms with Gasteiger partial charge in [-0.1, -0.05) is 60.7 Å². The van der Waals surface area contributed by atoms with Crippen molar-refractivity contribution in [1.29, 1.82) is 0 Å². The van der Waals surface area contributed by atoms with Gasteiger partial charge >= 0.3 is 6.09 Å². The summed E-state index contributed by atoms with van der Waals surface area (Å²) in [5.74, 6) is -0.519.